The van der Waals surface area contributed by atoms with Gasteiger partial charge in [0.25, 0.3) is 0 Å². The highest BCUT2D eigenvalue weighted by molar-refractivity contribution is 7.07. The Hall–Kier alpha value is -1.76. The third kappa shape index (κ3) is 2.63. The maximum atomic E-state index is 10.4. The van der Waals surface area contributed by atoms with Gasteiger partial charge in [-0.3, -0.25) is 4.79 Å². The van der Waals surface area contributed by atoms with E-state index in [0.29, 0.717) is 18.8 Å². The van der Waals surface area contributed by atoms with Crippen molar-refractivity contribution in [2.24, 2.45) is 0 Å². The number of carboxylic acid groups (broad SMARTS) is 1. The van der Waals surface area contributed by atoms with Crippen molar-refractivity contribution in [1.82, 2.24) is 20.2 Å². The Bertz CT molecular complexity index is 466. The Labute approximate surface area is 95.5 Å². The zero-order valence-electron chi connectivity index (χ0n) is 8.41. The molecule has 2 aromatic rings. The molecule has 0 amide bonds. The number of carbonyl (C=O) groups is 1. The Morgan fingerprint density at radius 2 is 2.44 bits per heavy atom. The van der Waals surface area contributed by atoms with Crippen LogP contribution in [-0.2, 0) is 17.8 Å². The number of aromatic nitrogens is 4. The summed E-state index contributed by atoms with van der Waals surface area (Å²) in [5.41, 5.74) is 1.14. The van der Waals surface area contributed by atoms with Crippen LogP contribution < -0.4 is 0 Å². The fourth-order valence-corrected chi connectivity index (χ4v) is 1.97. The Morgan fingerprint density at radius 3 is 3.12 bits per heavy atom. The molecule has 2 heterocycles. The van der Waals surface area contributed by atoms with Gasteiger partial charge in [0.1, 0.15) is 0 Å². The van der Waals surface area contributed by atoms with Crippen LogP contribution in [0, 0.1) is 0 Å². The summed E-state index contributed by atoms with van der Waals surface area (Å²) in [5.74, 6) is -0.156. The number of hydrogen-bond donors (Lipinski definition) is 1. The Morgan fingerprint density at radius 1 is 1.56 bits per heavy atom. The first kappa shape index (κ1) is 10.7. The van der Waals surface area contributed by atoms with Gasteiger partial charge >= 0.3 is 5.97 Å². The molecule has 0 aliphatic carbocycles. The first-order valence-corrected chi connectivity index (χ1v) is 5.68. The molecule has 0 radical (unpaired) electrons. The summed E-state index contributed by atoms with van der Waals surface area (Å²) < 4.78 is 1.53. The van der Waals surface area contributed by atoms with E-state index in [9.17, 15) is 4.79 Å². The molecule has 16 heavy (non-hydrogen) atoms. The van der Waals surface area contributed by atoms with Crippen molar-refractivity contribution in [1.29, 1.82) is 0 Å². The molecule has 7 heteroatoms. The van der Waals surface area contributed by atoms with Crippen LogP contribution in [0.5, 0.6) is 0 Å². The van der Waals surface area contributed by atoms with Gasteiger partial charge in [0, 0.05) is 6.42 Å². The van der Waals surface area contributed by atoms with Gasteiger partial charge in [0.15, 0.2) is 5.82 Å². The zero-order valence-corrected chi connectivity index (χ0v) is 9.22. The third-order valence-electron chi connectivity index (χ3n) is 2.09. The summed E-state index contributed by atoms with van der Waals surface area (Å²) >= 11 is 1.61. The van der Waals surface area contributed by atoms with Gasteiger partial charge < -0.3 is 5.11 Å². The van der Waals surface area contributed by atoms with Crippen molar-refractivity contribution in [2.45, 2.75) is 19.4 Å². The summed E-state index contributed by atoms with van der Waals surface area (Å²) in [6, 6.07) is 2.00. The zero-order chi connectivity index (χ0) is 11.4. The average Bonchev–Trinajstić information content (AvgIpc) is 2.87. The van der Waals surface area contributed by atoms with E-state index >= 15 is 0 Å². The van der Waals surface area contributed by atoms with Crippen molar-refractivity contribution in [3.05, 3.63) is 28.2 Å². The van der Waals surface area contributed by atoms with Crippen LogP contribution in [0.4, 0.5) is 0 Å². The highest BCUT2D eigenvalue weighted by atomic mass is 32.1. The van der Waals surface area contributed by atoms with Crippen LogP contribution in [0.1, 0.15) is 17.8 Å². The number of rotatable bonds is 5. The van der Waals surface area contributed by atoms with Gasteiger partial charge in [-0.15, -0.1) is 5.10 Å². The van der Waals surface area contributed by atoms with E-state index in [1.54, 1.807) is 11.3 Å². The van der Waals surface area contributed by atoms with E-state index in [0.717, 1.165) is 5.56 Å². The smallest absolute Gasteiger partial charge is 0.305 e. The minimum Gasteiger partial charge on any atom is -0.481 e. The van der Waals surface area contributed by atoms with Gasteiger partial charge in [0.05, 0.1) is 13.0 Å². The van der Waals surface area contributed by atoms with Crippen molar-refractivity contribution in [2.75, 3.05) is 0 Å². The van der Waals surface area contributed by atoms with Crippen LogP contribution in [0.15, 0.2) is 16.8 Å². The van der Waals surface area contributed by atoms with E-state index < -0.39 is 5.97 Å². The molecule has 0 fully saturated rings. The van der Waals surface area contributed by atoms with Crippen molar-refractivity contribution in [3.63, 3.8) is 0 Å². The molecule has 0 bridgehead atoms. The highest BCUT2D eigenvalue weighted by Gasteiger charge is 2.08. The number of hydrogen-bond acceptors (Lipinski definition) is 5. The van der Waals surface area contributed by atoms with Gasteiger partial charge in [-0.1, -0.05) is 0 Å². The second-order valence-electron chi connectivity index (χ2n) is 3.27. The lowest BCUT2D eigenvalue weighted by molar-refractivity contribution is -0.137. The molecule has 0 spiro atoms. The highest BCUT2D eigenvalue weighted by Crippen LogP contribution is 2.10. The van der Waals surface area contributed by atoms with Crippen LogP contribution in [-0.4, -0.2) is 31.3 Å². The summed E-state index contributed by atoms with van der Waals surface area (Å²) in [6.07, 6.45) is 0.664. The van der Waals surface area contributed by atoms with Crippen LogP contribution >= 0.6 is 11.3 Å². The topological polar surface area (TPSA) is 80.9 Å². The second kappa shape index (κ2) is 4.84. The lowest BCUT2D eigenvalue weighted by Gasteiger charge is -2.01. The summed E-state index contributed by atoms with van der Waals surface area (Å²) in [4.78, 5) is 10.4. The van der Waals surface area contributed by atoms with Crippen molar-refractivity contribution >= 4 is 17.3 Å². The predicted molar refractivity (Wildman–Crippen MR) is 57.2 cm³/mol. The molecule has 84 valence electrons. The standard InChI is InChI=1S/C9H10N4O2S/c14-9(15)1-3-13-8(10-11-12-13)5-7-2-4-16-6-7/h2,4,6H,1,3,5H2,(H,14,15). The summed E-state index contributed by atoms with van der Waals surface area (Å²) in [7, 11) is 0. The number of carboxylic acids is 1. The van der Waals surface area contributed by atoms with Crippen molar-refractivity contribution in [3.8, 4) is 0 Å². The number of tetrazole rings is 1. The number of thiophene rings is 1. The predicted octanol–water partition coefficient (Wildman–Crippen LogP) is 0.800. The minimum absolute atomic E-state index is 0.0294. The van der Waals surface area contributed by atoms with Gasteiger partial charge in [-0.2, -0.15) is 11.3 Å². The normalized spacial score (nSPS) is 10.5. The molecule has 2 aromatic heterocycles. The molecule has 0 saturated carbocycles. The van der Waals surface area contributed by atoms with E-state index in [1.807, 2.05) is 16.8 Å². The molecule has 0 aromatic carbocycles. The van der Waals surface area contributed by atoms with E-state index in [2.05, 4.69) is 15.5 Å². The molecule has 2 rings (SSSR count). The number of aliphatic carboxylic acids is 1. The maximum Gasteiger partial charge on any atom is 0.305 e. The van der Waals surface area contributed by atoms with Crippen LogP contribution in [0.25, 0.3) is 0 Å². The quantitative estimate of drug-likeness (QED) is 0.833. The molecule has 0 atom stereocenters. The van der Waals surface area contributed by atoms with E-state index in [4.69, 9.17) is 5.11 Å². The third-order valence-corrected chi connectivity index (χ3v) is 2.82. The number of nitrogens with zero attached hydrogens (tertiary/aromatic N) is 4. The molecular weight excluding hydrogens is 228 g/mol. The average molecular weight is 238 g/mol. The molecule has 0 aliphatic rings. The van der Waals surface area contributed by atoms with Crippen LogP contribution in [0.3, 0.4) is 0 Å². The van der Waals surface area contributed by atoms with Gasteiger partial charge in [-0.05, 0) is 32.8 Å². The molecule has 1 N–H and O–H groups in total. The molecule has 6 nitrogen and oxygen atoms in total. The lowest BCUT2D eigenvalue weighted by Crippen LogP contribution is -2.10. The summed E-state index contributed by atoms with van der Waals surface area (Å²) in [6.45, 7) is 0.307. The van der Waals surface area contributed by atoms with Gasteiger partial charge in [0.2, 0.25) is 0 Å². The maximum absolute atomic E-state index is 10.4. The Balaban J connectivity index is 2.04. The largest absolute Gasteiger partial charge is 0.481 e. The number of aryl methyl sites for hydroxylation is 1. The fourth-order valence-electron chi connectivity index (χ4n) is 1.30. The molecule has 0 unspecified atom stereocenters. The monoisotopic (exact) mass is 238 g/mol. The van der Waals surface area contributed by atoms with E-state index in [-0.39, 0.29) is 6.42 Å². The first-order valence-electron chi connectivity index (χ1n) is 4.73. The Kier molecular flexibility index (Phi) is 3.25. The molecular formula is C9H10N4O2S. The lowest BCUT2D eigenvalue weighted by atomic mass is 10.2. The summed E-state index contributed by atoms with van der Waals surface area (Å²) in [5, 5.41) is 23.8. The van der Waals surface area contributed by atoms with Crippen LogP contribution in [0.2, 0.25) is 0 Å². The first-order chi connectivity index (χ1) is 7.75. The molecule has 0 aliphatic heterocycles. The second-order valence-corrected chi connectivity index (χ2v) is 4.05. The SMILES string of the molecule is O=C(O)CCn1nnnc1Cc1ccsc1. The van der Waals surface area contributed by atoms with Gasteiger partial charge in [-0.25, -0.2) is 4.68 Å². The minimum atomic E-state index is -0.850. The molecule has 0 saturated heterocycles. The van der Waals surface area contributed by atoms with Crippen molar-refractivity contribution < 1.29 is 9.90 Å². The van der Waals surface area contributed by atoms with E-state index in [1.165, 1.54) is 4.68 Å². The fraction of sp³-hybridized carbons (Fsp3) is 0.333.